The summed E-state index contributed by atoms with van der Waals surface area (Å²) >= 11 is 0. The maximum Gasteiger partial charge on any atom is 0.127 e. The molecule has 1 aliphatic carbocycles. The maximum absolute atomic E-state index is 9.32. The van der Waals surface area contributed by atoms with E-state index in [9.17, 15) is 5.11 Å². The van der Waals surface area contributed by atoms with Crippen molar-refractivity contribution < 1.29 is 5.11 Å². The number of nitrogens with one attached hydrogen (secondary N) is 2. The van der Waals surface area contributed by atoms with Crippen LogP contribution in [-0.2, 0) is 0 Å². The zero-order valence-corrected chi connectivity index (χ0v) is 11.0. The average Bonchev–Trinajstić information content (AvgIpc) is 2.84. The van der Waals surface area contributed by atoms with Gasteiger partial charge in [-0.05, 0) is 25.3 Å². The third-order valence-corrected chi connectivity index (χ3v) is 3.56. The molecule has 0 radical (unpaired) electrons. The van der Waals surface area contributed by atoms with Crippen molar-refractivity contribution in [3.63, 3.8) is 0 Å². The molecule has 0 bridgehead atoms. The van der Waals surface area contributed by atoms with Gasteiger partial charge >= 0.3 is 0 Å². The number of hydrogen-bond donors (Lipinski definition) is 3. The lowest BCUT2D eigenvalue weighted by atomic mass is 10.0. The van der Waals surface area contributed by atoms with Crippen molar-refractivity contribution in [2.75, 3.05) is 23.8 Å². The number of nitrogens with zero attached hydrogens (tertiary/aromatic N) is 1. The minimum Gasteiger partial charge on any atom is -0.396 e. The van der Waals surface area contributed by atoms with Gasteiger partial charge in [-0.3, -0.25) is 0 Å². The minimum atomic E-state index is 0.281. The fourth-order valence-corrected chi connectivity index (χ4v) is 2.53. The molecule has 4 nitrogen and oxygen atoms in total. The van der Waals surface area contributed by atoms with Crippen LogP contribution in [-0.4, -0.2) is 29.3 Å². The van der Waals surface area contributed by atoms with Gasteiger partial charge < -0.3 is 15.7 Å². The predicted molar refractivity (Wildman–Crippen MR) is 74.9 cm³/mol. The Morgan fingerprint density at radius 2 is 2.33 bits per heavy atom. The van der Waals surface area contributed by atoms with Crippen molar-refractivity contribution in [3.05, 3.63) is 18.3 Å². The zero-order chi connectivity index (χ0) is 12.8. The van der Waals surface area contributed by atoms with Gasteiger partial charge in [0.2, 0.25) is 0 Å². The Balaban J connectivity index is 1.96. The van der Waals surface area contributed by atoms with Crippen LogP contribution < -0.4 is 10.6 Å². The quantitative estimate of drug-likeness (QED) is 0.725. The van der Waals surface area contributed by atoms with Crippen LogP contribution in [0.25, 0.3) is 0 Å². The molecule has 0 saturated heterocycles. The molecule has 2 unspecified atom stereocenters. The van der Waals surface area contributed by atoms with Crippen LogP contribution in [0.5, 0.6) is 0 Å². The zero-order valence-electron chi connectivity index (χ0n) is 11.0. The van der Waals surface area contributed by atoms with Crippen LogP contribution in [0.15, 0.2) is 18.3 Å². The first-order valence-electron chi connectivity index (χ1n) is 6.90. The summed E-state index contributed by atoms with van der Waals surface area (Å²) in [6.07, 6.45) is 6.39. The molecule has 100 valence electrons. The van der Waals surface area contributed by atoms with Crippen molar-refractivity contribution >= 4 is 11.5 Å². The highest BCUT2D eigenvalue weighted by molar-refractivity contribution is 5.52. The van der Waals surface area contributed by atoms with E-state index in [1.54, 1.807) is 0 Å². The number of hydrogen-bond acceptors (Lipinski definition) is 4. The molecule has 0 aliphatic heterocycles. The number of aromatic nitrogens is 1. The van der Waals surface area contributed by atoms with Crippen LogP contribution in [0.4, 0.5) is 11.5 Å². The second kappa shape index (κ2) is 6.59. The van der Waals surface area contributed by atoms with E-state index in [0.29, 0.717) is 12.0 Å². The number of anilines is 2. The van der Waals surface area contributed by atoms with Crippen molar-refractivity contribution in [2.45, 2.75) is 38.6 Å². The molecule has 1 fully saturated rings. The lowest BCUT2D eigenvalue weighted by Crippen LogP contribution is -2.26. The summed E-state index contributed by atoms with van der Waals surface area (Å²) in [4.78, 5) is 4.29. The lowest BCUT2D eigenvalue weighted by Gasteiger charge is -2.20. The maximum atomic E-state index is 9.32. The van der Waals surface area contributed by atoms with Crippen molar-refractivity contribution in [3.8, 4) is 0 Å². The summed E-state index contributed by atoms with van der Waals surface area (Å²) in [6.45, 7) is 3.36. The fourth-order valence-electron chi connectivity index (χ4n) is 2.53. The van der Waals surface area contributed by atoms with Crippen molar-refractivity contribution in [1.29, 1.82) is 0 Å². The fraction of sp³-hybridized carbons (Fsp3) is 0.643. The standard InChI is InChI=1S/C14H23N3O/c1-2-7-15-14-9-12(6-8-16-14)17-13-5-3-4-11(13)10-18/h6,8-9,11,13,18H,2-5,7,10H2,1H3,(H2,15,16,17). The molecule has 1 aliphatic rings. The number of pyridine rings is 1. The number of aliphatic hydroxyl groups is 1. The summed E-state index contributed by atoms with van der Waals surface area (Å²) in [5, 5.41) is 16.1. The third-order valence-electron chi connectivity index (χ3n) is 3.56. The third kappa shape index (κ3) is 3.35. The summed E-state index contributed by atoms with van der Waals surface area (Å²) < 4.78 is 0. The Hall–Kier alpha value is -1.29. The SMILES string of the molecule is CCCNc1cc(NC2CCCC2CO)ccn1. The van der Waals surface area contributed by atoms with E-state index in [-0.39, 0.29) is 6.61 Å². The Morgan fingerprint density at radius 1 is 1.44 bits per heavy atom. The molecule has 1 aromatic rings. The van der Waals surface area contributed by atoms with Gasteiger partial charge in [0.1, 0.15) is 5.82 Å². The molecule has 1 aromatic heterocycles. The van der Waals surface area contributed by atoms with Crippen LogP contribution in [0.3, 0.4) is 0 Å². The molecule has 1 heterocycles. The van der Waals surface area contributed by atoms with E-state index in [1.807, 2.05) is 18.3 Å². The predicted octanol–water partition coefficient (Wildman–Crippen LogP) is 2.48. The topological polar surface area (TPSA) is 57.2 Å². The van der Waals surface area contributed by atoms with Crippen LogP contribution in [0.2, 0.25) is 0 Å². The molecule has 3 N–H and O–H groups in total. The van der Waals surface area contributed by atoms with E-state index in [2.05, 4.69) is 22.5 Å². The number of rotatable bonds is 6. The summed E-state index contributed by atoms with van der Waals surface area (Å²) in [5.41, 5.74) is 1.09. The first kappa shape index (κ1) is 13.1. The van der Waals surface area contributed by atoms with Gasteiger partial charge in [-0.25, -0.2) is 4.98 Å². The highest BCUT2D eigenvalue weighted by atomic mass is 16.3. The normalized spacial score (nSPS) is 23.0. The Kier molecular flexibility index (Phi) is 4.81. The van der Waals surface area contributed by atoms with E-state index < -0.39 is 0 Å². The average molecular weight is 249 g/mol. The van der Waals surface area contributed by atoms with Gasteiger partial charge in [-0.1, -0.05) is 13.3 Å². The molecule has 18 heavy (non-hydrogen) atoms. The van der Waals surface area contributed by atoms with Crippen molar-refractivity contribution in [1.82, 2.24) is 4.98 Å². The molecule has 0 aromatic carbocycles. The Bertz CT molecular complexity index is 370. The largest absolute Gasteiger partial charge is 0.396 e. The first-order valence-corrected chi connectivity index (χ1v) is 6.90. The smallest absolute Gasteiger partial charge is 0.127 e. The van der Waals surface area contributed by atoms with E-state index >= 15 is 0 Å². The molecular formula is C14H23N3O. The molecule has 4 heteroatoms. The minimum absolute atomic E-state index is 0.281. The summed E-state index contributed by atoms with van der Waals surface area (Å²) in [5.74, 6) is 1.31. The Morgan fingerprint density at radius 3 is 3.11 bits per heavy atom. The molecule has 0 spiro atoms. The summed E-state index contributed by atoms with van der Waals surface area (Å²) in [6, 6.07) is 4.43. The van der Waals surface area contributed by atoms with E-state index in [1.165, 1.54) is 6.42 Å². The Labute approximate surface area is 109 Å². The van der Waals surface area contributed by atoms with Crippen molar-refractivity contribution in [2.24, 2.45) is 5.92 Å². The molecule has 0 amide bonds. The highest BCUT2D eigenvalue weighted by Gasteiger charge is 2.26. The van der Waals surface area contributed by atoms with E-state index in [0.717, 1.165) is 37.3 Å². The van der Waals surface area contributed by atoms with Crippen LogP contribution >= 0.6 is 0 Å². The van der Waals surface area contributed by atoms with Crippen LogP contribution in [0, 0.1) is 5.92 Å². The summed E-state index contributed by atoms with van der Waals surface area (Å²) in [7, 11) is 0. The monoisotopic (exact) mass is 249 g/mol. The second-order valence-electron chi connectivity index (χ2n) is 4.98. The lowest BCUT2D eigenvalue weighted by molar-refractivity contribution is 0.222. The highest BCUT2D eigenvalue weighted by Crippen LogP contribution is 2.28. The van der Waals surface area contributed by atoms with E-state index in [4.69, 9.17) is 0 Å². The van der Waals surface area contributed by atoms with Gasteiger partial charge in [-0.2, -0.15) is 0 Å². The second-order valence-corrected chi connectivity index (χ2v) is 4.98. The van der Waals surface area contributed by atoms with Gasteiger partial charge in [-0.15, -0.1) is 0 Å². The molecular weight excluding hydrogens is 226 g/mol. The molecule has 2 rings (SSSR count). The molecule has 2 atom stereocenters. The van der Waals surface area contributed by atoms with Crippen LogP contribution in [0.1, 0.15) is 32.6 Å². The van der Waals surface area contributed by atoms with Gasteiger partial charge in [0.25, 0.3) is 0 Å². The van der Waals surface area contributed by atoms with Gasteiger partial charge in [0.05, 0.1) is 0 Å². The number of aliphatic hydroxyl groups excluding tert-OH is 1. The first-order chi connectivity index (χ1) is 8.83. The van der Waals surface area contributed by atoms with Gasteiger partial charge in [0, 0.05) is 43.1 Å². The molecule has 1 saturated carbocycles. The van der Waals surface area contributed by atoms with Gasteiger partial charge in [0.15, 0.2) is 0 Å².